The molecule has 2 fully saturated rings. The van der Waals surface area contributed by atoms with E-state index in [0.29, 0.717) is 31.3 Å². The van der Waals surface area contributed by atoms with Crippen molar-refractivity contribution in [1.29, 1.82) is 0 Å². The molecule has 3 aliphatic rings. The fourth-order valence-electron chi connectivity index (χ4n) is 6.39. The van der Waals surface area contributed by atoms with Crippen LogP contribution in [-0.4, -0.2) is 78.8 Å². The van der Waals surface area contributed by atoms with Gasteiger partial charge in [-0.15, -0.1) is 11.3 Å². The number of rotatable bonds is 7. The van der Waals surface area contributed by atoms with Crippen molar-refractivity contribution in [3.05, 3.63) is 34.7 Å². The van der Waals surface area contributed by atoms with E-state index in [1.165, 1.54) is 24.1 Å². The number of hydrogen-bond donors (Lipinski definition) is 3. The average molecular weight is 652 g/mol. The van der Waals surface area contributed by atoms with Gasteiger partial charge in [-0.1, -0.05) is 6.42 Å². The van der Waals surface area contributed by atoms with Gasteiger partial charge >= 0.3 is 6.09 Å². The fraction of sp³-hybridized carbons (Fsp3) is 0.588. The molecular formula is C34H49N7O4S. The third-order valence-corrected chi connectivity index (χ3v) is 9.62. The summed E-state index contributed by atoms with van der Waals surface area (Å²) in [5.41, 5.74) is 8.25. The van der Waals surface area contributed by atoms with Crippen molar-refractivity contribution in [3.63, 3.8) is 0 Å². The van der Waals surface area contributed by atoms with E-state index in [2.05, 4.69) is 27.7 Å². The van der Waals surface area contributed by atoms with Crippen LogP contribution < -0.4 is 26.0 Å². The molecule has 46 heavy (non-hydrogen) atoms. The van der Waals surface area contributed by atoms with Gasteiger partial charge in [0.25, 0.3) is 0 Å². The Morgan fingerprint density at radius 3 is 2.30 bits per heavy atom. The summed E-state index contributed by atoms with van der Waals surface area (Å²) in [5, 5.41) is 7.11. The van der Waals surface area contributed by atoms with Crippen LogP contribution in [0.5, 0.6) is 5.88 Å². The topological polar surface area (TPSA) is 135 Å². The van der Waals surface area contributed by atoms with Crippen LogP contribution in [-0.2, 0) is 16.0 Å². The molecule has 2 amide bonds. The maximum Gasteiger partial charge on any atom is 0.410 e. The van der Waals surface area contributed by atoms with Gasteiger partial charge < -0.3 is 35.6 Å². The summed E-state index contributed by atoms with van der Waals surface area (Å²) in [7, 11) is 3.75. The van der Waals surface area contributed by atoms with Gasteiger partial charge in [0, 0.05) is 48.9 Å². The number of carbonyl (C=O) groups excluding carboxylic acids is 2. The maximum absolute atomic E-state index is 12.4. The van der Waals surface area contributed by atoms with E-state index in [1.54, 1.807) is 16.2 Å². The average Bonchev–Trinajstić information content (AvgIpc) is 3.57. The Bertz CT molecular complexity index is 1490. The van der Waals surface area contributed by atoms with Crippen LogP contribution in [0.1, 0.15) is 82.1 Å². The van der Waals surface area contributed by atoms with E-state index in [-0.39, 0.29) is 24.0 Å². The largest absolute Gasteiger partial charge is 0.474 e. The number of nitrogens with one attached hydrogen (secondary N) is 2. The number of aryl methyl sites for hydroxylation is 1. The number of anilines is 3. The van der Waals surface area contributed by atoms with Crippen LogP contribution in [0.4, 0.5) is 22.1 Å². The van der Waals surface area contributed by atoms with Gasteiger partial charge in [0.15, 0.2) is 0 Å². The highest BCUT2D eigenvalue weighted by Crippen LogP contribution is 2.48. The van der Waals surface area contributed by atoms with Crippen molar-refractivity contribution in [2.24, 2.45) is 5.73 Å². The van der Waals surface area contributed by atoms with Crippen LogP contribution >= 0.6 is 11.3 Å². The monoisotopic (exact) mass is 651 g/mol. The van der Waals surface area contributed by atoms with Gasteiger partial charge in [-0.05, 0) is 109 Å². The number of piperazine rings is 1. The summed E-state index contributed by atoms with van der Waals surface area (Å²) < 4.78 is 12.1. The predicted octanol–water partition coefficient (Wildman–Crippen LogP) is 5.94. The zero-order chi connectivity index (χ0) is 32.8. The molecule has 250 valence electrons. The lowest BCUT2D eigenvalue weighted by Crippen LogP contribution is -2.50. The van der Waals surface area contributed by atoms with E-state index in [1.807, 2.05) is 47.0 Å². The van der Waals surface area contributed by atoms with Crippen molar-refractivity contribution in [2.75, 3.05) is 50.5 Å². The Labute approximate surface area is 276 Å². The number of thiophene rings is 1. The number of fused-ring (bicyclic) bond motifs is 3. The number of nitrogens with two attached hydrogens (primary N) is 1. The molecule has 0 radical (unpaired) electrons. The Morgan fingerprint density at radius 2 is 1.67 bits per heavy atom. The smallest absolute Gasteiger partial charge is 0.410 e. The van der Waals surface area contributed by atoms with Gasteiger partial charge in [0.1, 0.15) is 16.5 Å². The summed E-state index contributed by atoms with van der Waals surface area (Å²) in [5.74, 6) is 0.937. The number of hydrogen-bond acceptors (Lipinski definition) is 10. The highest BCUT2D eigenvalue weighted by molar-refractivity contribution is 7.19. The van der Waals surface area contributed by atoms with Crippen LogP contribution in [0.15, 0.2) is 24.3 Å². The number of amides is 2. The number of aromatic nitrogens is 2. The van der Waals surface area contributed by atoms with Crippen molar-refractivity contribution in [1.82, 2.24) is 20.2 Å². The second-order valence-electron chi connectivity index (χ2n) is 13.4. The highest BCUT2D eigenvalue weighted by atomic mass is 32.1. The van der Waals surface area contributed by atoms with E-state index in [0.717, 1.165) is 65.9 Å². The molecule has 0 bridgehead atoms. The summed E-state index contributed by atoms with van der Waals surface area (Å²) >= 11 is 1.68. The molecule has 1 saturated heterocycles. The number of ether oxygens (including phenoxy) is 2. The summed E-state index contributed by atoms with van der Waals surface area (Å²) in [6.07, 6.45) is 7.70. The molecule has 1 atom stereocenters. The lowest BCUT2D eigenvalue weighted by Gasteiger charge is -2.36. The minimum absolute atomic E-state index is 0.0934. The first-order valence-corrected chi connectivity index (χ1v) is 17.3. The summed E-state index contributed by atoms with van der Waals surface area (Å²) in [6.45, 7) is 8.40. The number of primary amides is 1. The standard InChI is InChI=1S/C32H42N6O4S.C2H7N/c1-32(2,3)42-31(40)38-17-15-37(16-18-38)22-12-10-21(11-13-22)34-30-35-28(41-23-7-5-4-6-8-23)27-26-20(19-25(33)39)9-14-24(26)43-29(27)36-30;1-3-2/h10-13,20,23H,4-9,14-19H2,1-3H3,(H2,33,39)(H,34,35,36);3H,1-2H3. The van der Waals surface area contributed by atoms with E-state index in [4.69, 9.17) is 25.2 Å². The van der Waals surface area contributed by atoms with Gasteiger partial charge in [0.2, 0.25) is 17.7 Å². The Kier molecular flexibility index (Phi) is 10.9. The molecule has 2 aliphatic carbocycles. The lowest BCUT2D eigenvalue weighted by molar-refractivity contribution is -0.118. The molecule has 1 aliphatic heterocycles. The third kappa shape index (κ3) is 8.38. The first kappa shape index (κ1) is 33.7. The number of benzene rings is 1. The van der Waals surface area contributed by atoms with Crippen molar-refractivity contribution < 1.29 is 19.1 Å². The summed E-state index contributed by atoms with van der Waals surface area (Å²) in [4.78, 5) is 40.3. The summed E-state index contributed by atoms with van der Waals surface area (Å²) in [6, 6.07) is 8.22. The molecule has 4 N–H and O–H groups in total. The van der Waals surface area contributed by atoms with Crippen molar-refractivity contribution in [3.8, 4) is 5.88 Å². The first-order valence-electron chi connectivity index (χ1n) is 16.5. The van der Waals surface area contributed by atoms with Crippen LogP contribution in [0, 0.1) is 0 Å². The molecule has 6 rings (SSSR count). The molecular weight excluding hydrogens is 602 g/mol. The van der Waals surface area contributed by atoms with Crippen molar-refractivity contribution >= 4 is 50.9 Å². The first-order chi connectivity index (χ1) is 22.0. The van der Waals surface area contributed by atoms with E-state index >= 15 is 0 Å². The molecule has 1 saturated carbocycles. The molecule has 11 nitrogen and oxygen atoms in total. The number of nitrogens with zero attached hydrogens (tertiary/aromatic N) is 4. The SMILES string of the molecule is CC(C)(C)OC(=O)N1CCN(c2ccc(Nc3nc(OC4CCCCC4)c4c5c(sc4n3)CCC5CC(N)=O)cc2)CC1.CNC. The van der Waals surface area contributed by atoms with Crippen LogP contribution in [0.25, 0.3) is 10.2 Å². The van der Waals surface area contributed by atoms with Crippen LogP contribution in [0.2, 0.25) is 0 Å². The molecule has 2 aromatic heterocycles. The quantitative estimate of drug-likeness (QED) is 0.284. The van der Waals surface area contributed by atoms with Gasteiger partial charge in [-0.25, -0.2) is 9.78 Å². The minimum atomic E-state index is -0.495. The molecule has 1 unspecified atom stereocenters. The molecule has 3 aromatic rings. The predicted molar refractivity (Wildman–Crippen MR) is 185 cm³/mol. The van der Waals surface area contributed by atoms with Crippen LogP contribution in [0.3, 0.4) is 0 Å². The molecule has 0 spiro atoms. The van der Waals surface area contributed by atoms with Gasteiger partial charge in [-0.3, -0.25) is 4.79 Å². The zero-order valence-corrected chi connectivity index (χ0v) is 28.7. The maximum atomic E-state index is 12.4. The van der Waals surface area contributed by atoms with Gasteiger partial charge in [-0.2, -0.15) is 4.98 Å². The van der Waals surface area contributed by atoms with Gasteiger partial charge in [0.05, 0.1) is 5.39 Å². The second kappa shape index (κ2) is 14.8. The third-order valence-electron chi connectivity index (χ3n) is 8.46. The zero-order valence-electron chi connectivity index (χ0n) is 27.9. The molecule has 12 heteroatoms. The Balaban J connectivity index is 0.00000134. The minimum Gasteiger partial charge on any atom is -0.474 e. The Hall–Kier alpha value is -3.64. The lowest BCUT2D eigenvalue weighted by atomic mass is 9.96. The van der Waals surface area contributed by atoms with Crippen molar-refractivity contribution in [2.45, 2.75) is 89.8 Å². The fourth-order valence-corrected chi connectivity index (χ4v) is 7.65. The second-order valence-corrected chi connectivity index (χ2v) is 14.5. The normalized spacial score (nSPS) is 18.5. The number of carbonyl (C=O) groups is 2. The molecule has 3 heterocycles. The highest BCUT2D eigenvalue weighted by Gasteiger charge is 2.32. The molecule has 1 aromatic carbocycles. The van der Waals surface area contributed by atoms with E-state index in [9.17, 15) is 9.59 Å². The Morgan fingerprint density at radius 1 is 1.00 bits per heavy atom. The van der Waals surface area contributed by atoms with E-state index < -0.39 is 5.60 Å².